The lowest BCUT2D eigenvalue weighted by atomic mass is 9.99. The Morgan fingerprint density at radius 2 is 1.97 bits per heavy atom. The molecule has 6 nitrogen and oxygen atoms in total. The number of hydrogen-bond acceptors (Lipinski definition) is 6. The second-order valence-electron chi connectivity index (χ2n) is 8.55. The molecule has 2 aromatic heterocycles. The summed E-state index contributed by atoms with van der Waals surface area (Å²) in [5, 5.41) is 4.67. The van der Waals surface area contributed by atoms with Crippen molar-refractivity contribution in [2.75, 3.05) is 18.4 Å². The van der Waals surface area contributed by atoms with E-state index < -0.39 is 5.91 Å². The standard InChI is InChI=1S/C23H27N5OS/c1-14-9-11-28(12-10-14)13-19-26-22(25-16-7-5-15(6-8-16)21(24)29)20-17-3-2-4-18(17)30-23(20)27-19/h5-8,14H,2-4,9-13H2,1H3,(H2,24,29)(H,25,26,27). The van der Waals surface area contributed by atoms with Crippen molar-refractivity contribution >= 4 is 39.0 Å². The zero-order valence-corrected chi connectivity index (χ0v) is 18.1. The Morgan fingerprint density at radius 3 is 2.70 bits per heavy atom. The molecule has 0 unspecified atom stereocenters. The first kappa shape index (κ1) is 19.5. The molecule has 0 bridgehead atoms. The van der Waals surface area contributed by atoms with Gasteiger partial charge in [0.25, 0.3) is 0 Å². The number of carbonyl (C=O) groups excluding carboxylic acids is 1. The molecule has 1 fully saturated rings. The van der Waals surface area contributed by atoms with Gasteiger partial charge in [0.05, 0.1) is 11.9 Å². The van der Waals surface area contributed by atoms with E-state index in [1.165, 1.54) is 35.1 Å². The van der Waals surface area contributed by atoms with Gasteiger partial charge >= 0.3 is 0 Å². The Kier molecular flexibility index (Phi) is 5.16. The van der Waals surface area contributed by atoms with Crippen molar-refractivity contribution in [3.63, 3.8) is 0 Å². The lowest BCUT2D eigenvalue weighted by molar-refractivity contribution is 0.100. The predicted octanol–water partition coefficient (Wildman–Crippen LogP) is 4.25. The smallest absolute Gasteiger partial charge is 0.248 e. The maximum atomic E-state index is 11.4. The van der Waals surface area contributed by atoms with Gasteiger partial charge in [-0.3, -0.25) is 9.69 Å². The number of rotatable bonds is 5. The van der Waals surface area contributed by atoms with Crippen molar-refractivity contribution in [1.29, 1.82) is 0 Å². The van der Waals surface area contributed by atoms with E-state index in [0.29, 0.717) is 5.56 Å². The average Bonchev–Trinajstić information content (AvgIpc) is 3.31. The second kappa shape index (κ2) is 7.96. The van der Waals surface area contributed by atoms with Crippen molar-refractivity contribution < 1.29 is 4.79 Å². The lowest BCUT2D eigenvalue weighted by Gasteiger charge is -2.29. The summed E-state index contributed by atoms with van der Waals surface area (Å²) in [7, 11) is 0. The van der Waals surface area contributed by atoms with Crippen LogP contribution in [0, 0.1) is 5.92 Å². The number of piperidine rings is 1. The highest BCUT2D eigenvalue weighted by atomic mass is 32.1. The minimum Gasteiger partial charge on any atom is -0.366 e. The SMILES string of the molecule is CC1CCN(Cc2nc(Nc3ccc(C(N)=O)cc3)c3c4c(sc3n2)CCC4)CC1. The molecule has 3 N–H and O–H groups in total. The topological polar surface area (TPSA) is 84.1 Å². The van der Waals surface area contributed by atoms with Gasteiger partial charge in [0.2, 0.25) is 5.91 Å². The van der Waals surface area contributed by atoms with Crippen LogP contribution in [0.4, 0.5) is 11.5 Å². The van der Waals surface area contributed by atoms with Crippen LogP contribution < -0.4 is 11.1 Å². The summed E-state index contributed by atoms with van der Waals surface area (Å²) in [5.74, 6) is 2.16. The van der Waals surface area contributed by atoms with Crippen LogP contribution >= 0.6 is 11.3 Å². The van der Waals surface area contributed by atoms with E-state index >= 15 is 0 Å². The average molecular weight is 422 g/mol. The van der Waals surface area contributed by atoms with E-state index in [0.717, 1.165) is 60.6 Å². The maximum absolute atomic E-state index is 11.4. The molecule has 1 aromatic carbocycles. The summed E-state index contributed by atoms with van der Waals surface area (Å²) in [4.78, 5) is 26.3. The number of benzene rings is 1. The van der Waals surface area contributed by atoms with Gasteiger partial charge in [0.1, 0.15) is 16.5 Å². The Bertz CT molecular complexity index is 1080. The fraction of sp³-hybridized carbons (Fsp3) is 0.435. The maximum Gasteiger partial charge on any atom is 0.248 e. The molecule has 2 aliphatic rings. The number of fused-ring (bicyclic) bond motifs is 3. The van der Waals surface area contributed by atoms with E-state index in [9.17, 15) is 4.79 Å². The number of primary amides is 1. The van der Waals surface area contributed by atoms with Crippen LogP contribution in [0.3, 0.4) is 0 Å². The molecule has 3 heterocycles. The molecule has 156 valence electrons. The van der Waals surface area contributed by atoms with Crippen molar-refractivity contribution in [3.05, 3.63) is 46.1 Å². The molecular formula is C23H27N5OS. The largest absolute Gasteiger partial charge is 0.366 e. The molecule has 1 aliphatic heterocycles. The summed E-state index contributed by atoms with van der Waals surface area (Å²) in [6.45, 7) is 5.35. The first-order valence-electron chi connectivity index (χ1n) is 10.8. The van der Waals surface area contributed by atoms with E-state index in [1.54, 1.807) is 12.1 Å². The molecule has 1 saturated heterocycles. The van der Waals surface area contributed by atoms with Gasteiger partial charge in [0.15, 0.2) is 0 Å². The molecule has 0 saturated carbocycles. The molecule has 7 heteroatoms. The van der Waals surface area contributed by atoms with Crippen LogP contribution in [0.2, 0.25) is 0 Å². The lowest BCUT2D eigenvalue weighted by Crippen LogP contribution is -2.33. The first-order valence-corrected chi connectivity index (χ1v) is 11.6. The molecule has 3 aromatic rings. The number of likely N-dealkylation sites (tertiary alicyclic amines) is 1. The van der Waals surface area contributed by atoms with Gasteiger partial charge < -0.3 is 11.1 Å². The zero-order chi connectivity index (χ0) is 20.7. The number of nitrogens with two attached hydrogens (primary N) is 1. The number of aryl methyl sites for hydroxylation is 2. The van der Waals surface area contributed by atoms with Crippen molar-refractivity contribution in [2.24, 2.45) is 11.7 Å². The van der Waals surface area contributed by atoms with Crippen LogP contribution in [0.15, 0.2) is 24.3 Å². The van der Waals surface area contributed by atoms with Crippen LogP contribution in [-0.2, 0) is 19.4 Å². The Labute approximate surface area is 180 Å². The summed E-state index contributed by atoms with van der Waals surface area (Å²) in [6.07, 6.45) is 5.93. The van der Waals surface area contributed by atoms with E-state index in [1.807, 2.05) is 23.5 Å². The Hall–Kier alpha value is -2.51. The number of aromatic nitrogens is 2. The number of amides is 1. The third kappa shape index (κ3) is 3.79. The fourth-order valence-corrected chi connectivity index (χ4v) is 5.76. The van der Waals surface area contributed by atoms with Crippen LogP contribution in [0.5, 0.6) is 0 Å². The molecule has 0 atom stereocenters. The number of anilines is 2. The van der Waals surface area contributed by atoms with Gasteiger partial charge in [-0.25, -0.2) is 9.97 Å². The number of thiophene rings is 1. The number of nitrogens with zero attached hydrogens (tertiary/aromatic N) is 3. The van der Waals surface area contributed by atoms with Crippen LogP contribution in [-0.4, -0.2) is 33.9 Å². The molecule has 5 rings (SSSR count). The van der Waals surface area contributed by atoms with E-state index in [4.69, 9.17) is 15.7 Å². The number of nitrogens with one attached hydrogen (secondary N) is 1. The fourth-order valence-electron chi connectivity index (χ4n) is 4.48. The monoisotopic (exact) mass is 421 g/mol. The number of hydrogen-bond donors (Lipinski definition) is 2. The first-order chi connectivity index (χ1) is 14.6. The van der Waals surface area contributed by atoms with Gasteiger partial charge in [0, 0.05) is 16.1 Å². The third-order valence-corrected chi connectivity index (χ3v) is 7.47. The summed E-state index contributed by atoms with van der Waals surface area (Å²) >= 11 is 1.82. The van der Waals surface area contributed by atoms with Crippen molar-refractivity contribution in [3.8, 4) is 0 Å². The Morgan fingerprint density at radius 1 is 1.20 bits per heavy atom. The minimum absolute atomic E-state index is 0.417. The quantitative estimate of drug-likeness (QED) is 0.643. The molecule has 30 heavy (non-hydrogen) atoms. The summed E-state index contributed by atoms with van der Waals surface area (Å²) < 4.78 is 0. The van der Waals surface area contributed by atoms with Crippen LogP contribution in [0.1, 0.15) is 52.8 Å². The Balaban J connectivity index is 1.48. The molecule has 1 amide bonds. The number of carbonyl (C=O) groups is 1. The summed E-state index contributed by atoms with van der Waals surface area (Å²) in [5.41, 5.74) is 8.18. The van der Waals surface area contributed by atoms with Crippen LogP contribution in [0.25, 0.3) is 10.2 Å². The van der Waals surface area contributed by atoms with Gasteiger partial charge in [-0.05, 0) is 80.9 Å². The molecule has 1 aliphatic carbocycles. The van der Waals surface area contributed by atoms with Gasteiger partial charge in [-0.2, -0.15) is 0 Å². The highest BCUT2D eigenvalue weighted by Crippen LogP contribution is 2.40. The molecule has 0 spiro atoms. The molecular weight excluding hydrogens is 394 g/mol. The van der Waals surface area contributed by atoms with E-state index in [-0.39, 0.29) is 0 Å². The predicted molar refractivity (Wildman–Crippen MR) is 121 cm³/mol. The third-order valence-electron chi connectivity index (χ3n) is 6.28. The van der Waals surface area contributed by atoms with Gasteiger partial charge in [-0.15, -0.1) is 11.3 Å². The summed E-state index contributed by atoms with van der Waals surface area (Å²) in [6, 6.07) is 7.26. The van der Waals surface area contributed by atoms with Crippen molar-refractivity contribution in [1.82, 2.24) is 14.9 Å². The van der Waals surface area contributed by atoms with Crippen molar-refractivity contribution in [2.45, 2.75) is 45.6 Å². The highest BCUT2D eigenvalue weighted by Gasteiger charge is 2.24. The molecule has 0 radical (unpaired) electrons. The second-order valence-corrected chi connectivity index (χ2v) is 9.63. The minimum atomic E-state index is -0.417. The normalized spacial score (nSPS) is 17.4. The van der Waals surface area contributed by atoms with E-state index in [2.05, 4.69) is 17.1 Å². The van der Waals surface area contributed by atoms with Gasteiger partial charge in [-0.1, -0.05) is 6.92 Å². The zero-order valence-electron chi connectivity index (χ0n) is 17.3. The highest BCUT2D eigenvalue weighted by molar-refractivity contribution is 7.19.